The fourth-order valence-corrected chi connectivity index (χ4v) is 2.76. The first kappa shape index (κ1) is 21.2. The smallest absolute Gasteiger partial charge is 0.308 e. The van der Waals surface area contributed by atoms with Crippen LogP contribution in [0, 0.1) is 0 Å². The van der Waals surface area contributed by atoms with Crippen molar-refractivity contribution in [2.24, 2.45) is 0 Å². The van der Waals surface area contributed by atoms with Crippen LogP contribution in [0.4, 0.5) is 0 Å². The van der Waals surface area contributed by atoms with Gasteiger partial charge in [0, 0.05) is 18.4 Å². The van der Waals surface area contributed by atoms with Crippen molar-refractivity contribution < 1.29 is 23.9 Å². The highest BCUT2D eigenvalue weighted by Crippen LogP contribution is 2.22. The van der Waals surface area contributed by atoms with E-state index in [9.17, 15) is 14.4 Å². The number of ketones is 1. The lowest BCUT2D eigenvalue weighted by Crippen LogP contribution is -2.31. The maximum absolute atomic E-state index is 12.4. The van der Waals surface area contributed by atoms with Gasteiger partial charge in [0.2, 0.25) is 5.91 Å². The Kier molecular flexibility index (Phi) is 8.21. The lowest BCUT2D eigenvalue weighted by Gasteiger charge is -2.19. The van der Waals surface area contributed by atoms with Crippen molar-refractivity contribution in [2.45, 2.75) is 32.2 Å². The molecule has 1 atom stereocenters. The molecule has 0 aliphatic heterocycles. The van der Waals surface area contributed by atoms with E-state index in [0.29, 0.717) is 11.3 Å². The molecule has 0 saturated carbocycles. The van der Waals surface area contributed by atoms with E-state index in [2.05, 4.69) is 5.32 Å². The van der Waals surface area contributed by atoms with Gasteiger partial charge in [-0.1, -0.05) is 42.5 Å². The van der Waals surface area contributed by atoms with E-state index in [4.69, 9.17) is 9.47 Å². The Balaban J connectivity index is 2.02. The van der Waals surface area contributed by atoms with Gasteiger partial charge in [0.15, 0.2) is 5.78 Å². The summed E-state index contributed by atoms with van der Waals surface area (Å²) in [5, 5.41) is 2.83. The zero-order chi connectivity index (χ0) is 20.4. The summed E-state index contributed by atoms with van der Waals surface area (Å²) < 4.78 is 10.2. The molecular formula is C22H25NO5. The highest BCUT2D eigenvalue weighted by Gasteiger charge is 2.20. The minimum atomic E-state index is -0.562. The fraction of sp³-hybridized carbons (Fsp3) is 0.318. The molecule has 2 rings (SSSR count). The van der Waals surface area contributed by atoms with Gasteiger partial charge in [0.1, 0.15) is 5.75 Å². The predicted molar refractivity (Wildman–Crippen MR) is 105 cm³/mol. The van der Waals surface area contributed by atoms with Gasteiger partial charge in [-0.3, -0.25) is 14.4 Å². The number of carbonyl (C=O) groups is 3. The Morgan fingerprint density at radius 1 is 1.00 bits per heavy atom. The lowest BCUT2D eigenvalue weighted by molar-refractivity contribution is -0.143. The van der Waals surface area contributed by atoms with Crippen LogP contribution in [0.1, 0.15) is 48.1 Å². The number of ether oxygens (including phenoxy) is 2. The molecule has 0 radical (unpaired) electrons. The molecule has 28 heavy (non-hydrogen) atoms. The van der Waals surface area contributed by atoms with Crippen LogP contribution in [0.5, 0.6) is 5.75 Å². The lowest BCUT2D eigenvalue weighted by atomic mass is 10.0. The SMILES string of the molecule is CCOC(=O)CC(NC(=O)CCC(=O)c1ccccc1)c1cccc(OC)c1. The number of nitrogens with one attached hydrogen (secondary N) is 1. The topological polar surface area (TPSA) is 81.7 Å². The minimum absolute atomic E-state index is 0.000616. The number of hydrogen-bond acceptors (Lipinski definition) is 5. The van der Waals surface area contributed by atoms with Crippen molar-refractivity contribution in [1.29, 1.82) is 0 Å². The molecule has 0 aliphatic carbocycles. The van der Waals surface area contributed by atoms with E-state index >= 15 is 0 Å². The molecule has 0 aliphatic rings. The molecule has 0 aromatic heterocycles. The average Bonchev–Trinajstić information content (AvgIpc) is 2.72. The van der Waals surface area contributed by atoms with E-state index in [1.807, 2.05) is 12.1 Å². The van der Waals surface area contributed by atoms with Crippen molar-refractivity contribution in [3.8, 4) is 5.75 Å². The normalized spacial score (nSPS) is 11.4. The van der Waals surface area contributed by atoms with E-state index in [0.717, 1.165) is 5.56 Å². The van der Waals surface area contributed by atoms with Gasteiger partial charge in [0.25, 0.3) is 0 Å². The first-order valence-corrected chi connectivity index (χ1v) is 9.20. The quantitative estimate of drug-likeness (QED) is 0.502. The Morgan fingerprint density at radius 2 is 1.75 bits per heavy atom. The van der Waals surface area contributed by atoms with Crippen molar-refractivity contribution in [2.75, 3.05) is 13.7 Å². The maximum atomic E-state index is 12.4. The van der Waals surface area contributed by atoms with Gasteiger partial charge in [-0.05, 0) is 24.6 Å². The van der Waals surface area contributed by atoms with E-state index < -0.39 is 12.0 Å². The average molecular weight is 383 g/mol. The molecular weight excluding hydrogens is 358 g/mol. The van der Waals surface area contributed by atoms with Gasteiger partial charge in [-0.25, -0.2) is 0 Å². The number of Topliss-reactive ketones (excluding diaryl/α,β-unsaturated/α-hetero) is 1. The van der Waals surface area contributed by atoms with Gasteiger partial charge in [-0.15, -0.1) is 0 Å². The van der Waals surface area contributed by atoms with Crippen molar-refractivity contribution >= 4 is 17.7 Å². The van der Waals surface area contributed by atoms with E-state index in [1.165, 1.54) is 0 Å². The molecule has 0 spiro atoms. The van der Waals surface area contributed by atoms with Crippen LogP contribution >= 0.6 is 0 Å². The number of amides is 1. The molecule has 0 saturated heterocycles. The minimum Gasteiger partial charge on any atom is -0.497 e. The second-order valence-corrected chi connectivity index (χ2v) is 6.20. The number of benzene rings is 2. The summed E-state index contributed by atoms with van der Waals surface area (Å²) in [7, 11) is 1.55. The maximum Gasteiger partial charge on any atom is 0.308 e. The molecule has 0 fully saturated rings. The molecule has 1 unspecified atom stereocenters. The van der Waals surface area contributed by atoms with Gasteiger partial charge < -0.3 is 14.8 Å². The van der Waals surface area contributed by atoms with Crippen LogP contribution in [0.3, 0.4) is 0 Å². The number of methoxy groups -OCH3 is 1. The van der Waals surface area contributed by atoms with E-state index in [1.54, 1.807) is 56.5 Å². The third-order valence-corrected chi connectivity index (χ3v) is 4.18. The molecule has 0 bridgehead atoms. The molecule has 2 aromatic carbocycles. The second-order valence-electron chi connectivity index (χ2n) is 6.20. The van der Waals surface area contributed by atoms with Crippen molar-refractivity contribution in [1.82, 2.24) is 5.32 Å². The first-order chi connectivity index (χ1) is 13.5. The van der Waals surface area contributed by atoms with Crippen LogP contribution in [-0.2, 0) is 14.3 Å². The largest absolute Gasteiger partial charge is 0.497 e. The van der Waals surface area contributed by atoms with Crippen molar-refractivity contribution in [3.05, 3.63) is 65.7 Å². The molecule has 2 aromatic rings. The molecule has 1 amide bonds. The third-order valence-electron chi connectivity index (χ3n) is 4.18. The monoisotopic (exact) mass is 383 g/mol. The summed E-state index contributed by atoms with van der Waals surface area (Å²) in [4.78, 5) is 36.5. The Labute approximate surface area is 164 Å². The van der Waals surface area contributed by atoms with Crippen LogP contribution in [0.2, 0.25) is 0 Å². The number of carbonyl (C=O) groups excluding carboxylic acids is 3. The highest BCUT2D eigenvalue weighted by atomic mass is 16.5. The number of rotatable bonds is 10. The van der Waals surface area contributed by atoms with Crippen LogP contribution in [0.25, 0.3) is 0 Å². The predicted octanol–water partition coefficient (Wildman–Crippen LogP) is 3.47. The molecule has 6 nitrogen and oxygen atoms in total. The van der Waals surface area contributed by atoms with Crippen LogP contribution < -0.4 is 10.1 Å². The van der Waals surface area contributed by atoms with Crippen LogP contribution in [-0.4, -0.2) is 31.4 Å². The Hall–Kier alpha value is -3.15. The highest BCUT2D eigenvalue weighted by molar-refractivity contribution is 5.97. The van der Waals surface area contributed by atoms with Gasteiger partial charge >= 0.3 is 5.97 Å². The summed E-state index contributed by atoms with van der Waals surface area (Å²) >= 11 is 0. The third kappa shape index (κ3) is 6.54. The van der Waals surface area contributed by atoms with Gasteiger partial charge in [0.05, 0.1) is 26.2 Å². The molecule has 148 valence electrons. The fourth-order valence-electron chi connectivity index (χ4n) is 2.76. The summed E-state index contributed by atoms with van der Waals surface area (Å²) in [6.45, 7) is 2.00. The van der Waals surface area contributed by atoms with Crippen LogP contribution in [0.15, 0.2) is 54.6 Å². The molecule has 1 N–H and O–H groups in total. The Bertz CT molecular complexity index is 804. The molecule has 0 heterocycles. The summed E-state index contributed by atoms with van der Waals surface area (Å²) in [5.74, 6) is -0.184. The van der Waals surface area contributed by atoms with E-state index in [-0.39, 0.29) is 37.6 Å². The summed E-state index contributed by atoms with van der Waals surface area (Å²) in [5.41, 5.74) is 1.31. The number of hydrogen-bond donors (Lipinski definition) is 1. The van der Waals surface area contributed by atoms with Gasteiger partial charge in [-0.2, -0.15) is 0 Å². The number of esters is 1. The summed E-state index contributed by atoms with van der Waals surface area (Å²) in [6.07, 6.45) is 0.135. The summed E-state index contributed by atoms with van der Waals surface area (Å²) in [6, 6.07) is 15.4. The standard InChI is InChI=1S/C22H25NO5/c1-3-28-22(26)15-19(17-10-7-11-18(14-17)27-2)23-21(25)13-12-20(24)16-8-5-4-6-9-16/h4-11,14,19H,3,12-13,15H2,1-2H3,(H,23,25). The molecule has 6 heteroatoms. The second kappa shape index (κ2) is 10.9. The van der Waals surface area contributed by atoms with Crippen molar-refractivity contribution in [3.63, 3.8) is 0 Å². The zero-order valence-electron chi connectivity index (χ0n) is 16.1. The first-order valence-electron chi connectivity index (χ1n) is 9.20. The Morgan fingerprint density at radius 3 is 2.43 bits per heavy atom. The zero-order valence-corrected chi connectivity index (χ0v) is 16.1.